The Morgan fingerprint density at radius 3 is 2.65 bits per heavy atom. The minimum absolute atomic E-state index is 0.319. The van der Waals surface area contributed by atoms with E-state index in [1.807, 2.05) is 0 Å². The number of ether oxygens (including phenoxy) is 1. The molecule has 0 bridgehead atoms. The summed E-state index contributed by atoms with van der Waals surface area (Å²) in [5.74, 6) is 0.308. The van der Waals surface area contributed by atoms with Gasteiger partial charge in [0.15, 0.2) is 0 Å². The maximum Gasteiger partial charge on any atom is 0.325 e. The van der Waals surface area contributed by atoms with Crippen molar-refractivity contribution < 1.29 is 14.6 Å². The Morgan fingerprint density at radius 2 is 2.24 bits per heavy atom. The van der Waals surface area contributed by atoms with Crippen molar-refractivity contribution in [3.8, 4) is 0 Å². The Kier molecular flexibility index (Phi) is 4.33. The summed E-state index contributed by atoms with van der Waals surface area (Å²) < 4.78 is 5.13. The third-order valence-electron chi connectivity index (χ3n) is 3.50. The van der Waals surface area contributed by atoms with Gasteiger partial charge in [0.2, 0.25) is 0 Å². The van der Waals surface area contributed by atoms with E-state index in [1.54, 1.807) is 11.8 Å². The van der Waals surface area contributed by atoms with E-state index in [1.165, 1.54) is 0 Å². The lowest BCUT2D eigenvalue weighted by Crippen LogP contribution is -2.57. The van der Waals surface area contributed by atoms with Gasteiger partial charge in [-0.05, 0) is 31.7 Å². The van der Waals surface area contributed by atoms with Gasteiger partial charge in [-0.3, -0.25) is 4.79 Å². The maximum atomic E-state index is 11.6. The molecule has 1 saturated heterocycles. The summed E-state index contributed by atoms with van der Waals surface area (Å²) in [6, 6.07) is 0. The van der Waals surface area contributed by atoms with E-state index in [-0.39, 0.29) is 0 Å². The predicted molar refractivity (Wildman–Crippen MR) is 68.4 cm³/mol. The summed E-state index contributed by atoms with van der Waals surface area (Å²) in [4.78, 5) is 11.6. The number of carboxylic acids is 1. The molecule has 4 nitrogen and oxygen atoms in total. The van der Waals surface area contributed by atoms with Crippen molar-refractivity contribution in [3.63, 3.8) is 0 Å². The number of thioether (sulfide) groups is 1. The molecule has 1 heterocycles. The van der Waals surface area contributed by atoms with Gasteiger partial charge >= 0.3 is 5.97 Å². The zero-order valence-corrected chi connectivity index (χ0v) is 11.1. The van der Waals surface area contributed by atoms with Crippen molar-refractivity contribution in [2.75, 3.05) is 25.5 Å². The lowest BCUT2D eigenvalue weighted by Gasteiger charge is -2.34. The van der Waals surface area contributed by atoms with E-state index in [0.29, 0.717) is 16.9 Å². The lowest BCUT2D eigenvalue weighted by molar-refractivity contribution is -0.144. The molecule has 17 heavy (non-hydrogen) atoms. The maximum absolute atomic E-state index is 11.6. The average Bonchev–Trinajstić information content (AvgIpc) is 3.04. The minimum atomic E-state index is -0.698. The molecule has 2 aliphatic rings. The van der Waals surface area contributed by atoms with E-state index in [0.717, 1.165) is 39.0 Å². The smallest absolute Gasteiger partial charge is 0.325 e. The molecule has 2 N–H and O–H groups in total. The molecule has 0 aromatic rings. The van der Waals surface area contributed by atoms with Crippen molar-refractivity contribution in [3.05, 3.63) is 0 Å². The van der Waals surface area contributed by atoms with Crippen LogP contribution in [-0.2, 0) is 9.53 Å². The first-order valence-electron chi connectivity index (χ1n) is 6.37. The number of nitrogens with one attached hydrogen (secondary N) is 1. The molecule has 0 amide bonds. The third kappa shape index (κ3) is 2.95. The number of carboxylic acid groups (broad SMARTS) is 1. The highest BCUT2D eigenvalue weighted by molar-refractivity contribution is 8.00. The Bertz CT molecular complexity index is 279. The van der Waals surface area contributed by atoms with Crippen molar-refractivity contribution in [2.24, 2.45) is 5.92 Å². The monoisotopic (exact) mass is 259 g/mol. The van der Waals surface area contributed by atoms with Crippen LogP contribution in [0.2, 0.25) is 0 Å². The van der Waals surface area contributed by atoms with Gasteiger partial charge in [-0.1, -0.05) is 6.92 Å². The molecule has 0 spiro atoms. The molecule has 1 saturated carbocycles. The molecule has 1 aliphatic heterocycles. The Balaban J connectivity index is 1.94. The summed E-state index contributed by atoms with van der Waals surface area (Å²) in [7, 11) is 0. The predicted octanol–water partition coefficient (Wildman–Crippen LogP) is 1.35. The van der Waals surface area contributed by atoms with E-state index < -0.39 is 11.5 Å². The zero-order valence-electron chi connectivity index (χ0n) is 10.3. The van der Waals surface area contributed by atoms with Gasteiger partial charge in [0, 0.05) is 5.75 Å². The van der Waals surface area contributed by atoms with Crippen LogP contribution in [0.5, 0.6) is 0 Å². The summed E-state index contributed by atoms with van der Waals surface area (Å²) in [6.45, 7) is 4.40. The van der Waals surface area contributed by atoms with Crippen molar-refractivity contribution in [2.45, 2.75) is 37.0 Å². The molecular formula is C12H21NO3S. The summed E-state index contributed by atoms with van der Waals surface area (Å²) in [6.07, 6.45) is 3.06. The number of rotatable bonds is 8. The SMILES string of the molecule is CCCNC(CSC1COC1)(C(=O)O)C1CC1. The molecule has 98 valence electrons. The van der Waals surface area contributed by atoms with Crippen LogP contribution >= 0.6 is 11.8 Å². The van der Waals surface area contributed by atoms with Gasteiger partial charge in [0.25, 0.3) is 0 Å². The van der Waals surface area contributed by atoms with E-state index in [4.69, 9.17) is 4.74 Å². The average molecular weight is 259 g/mol. The van der Waals surface area contributed by atoms with Crippen LogP contribution in [0.15, 0.2) is 0 Å². The number of hydrogen-bond donors (Lipinski definition) is 2. The van der Waals surface area contributed by atoms with Crippen LogP contribution in [0.1, 0.15) is 26.2 Å². The summed E-state index contributed by atoms with van der Waals surface area (Å²) in [5, 5.41) is 13.3. The molecule has 1 atom stereocenters. The van der Waals surface area contributed by atoms with E-state index in [9.17, 15) is 9.90 Å². The number of hydrogen-bond acceptors (Lipinski definition) is 4. The standard InChI is InChI=1S/C12H21NO3S/c1-2-5-13-12(11(14)15,9-3-4-9)8-17-10-6-16-7-10/h9-10,13H,2-8H2,1H3,(H,14,15). The molecule has 1 unspecified atom stereocenters. The summed E-state index contributed by atoms with van der Waals surface area (Å²) in [5.41, 5.74) is -0.698. The van der Waals surface area contributed by atoms with Gasteiger partial charge in [0.05, 0.1) is 18.5 Å². The third-order valence-corrected chi connectivity index (χ3v) is 4.87. The Labute approximate surface area is 106 Å². The molecule has 0 aromatic carbocycles. The van der Waals surface area contributed by atoms with E-state index in [2.05, 4.69) is 12.2 Å². The molecule has 5 heteroatoms. The van der Waals surface area contributed by atoms with Crippen LogP contribution in [0.3, 0.4) is 0 Å². The van der Waals surface area contributed by atoms with Gasteiger partial charge in [0.1, 0.15) is 5.54 Å². The number of carbonyl (C=O) groups is 1. The van der Waals surface area contributed by atoms with Crippen molar-refractivity contribution in [1.82, 2.24) is 5.32 Å². The Morgan fingerprint density at radius 1 is 1.53 bits per heavy atom. The largest absolute Gasteiger partial charge is 0.480 e. The van der Waals surface area contributed by atoms with Crippen molar-refractivity contribution >= 4 is 17.7 Å². The Hall–Kier alpha value is -0.260. The molecule has 2 fully saturated rings. The fraction of sp³-hybridized carbons (Fsp3) is 0.917. The molecule has 1 aliphatic carbocycles. The molecule has 0 aromatic heterocycles. The van der Waals surface area contributed by atoms with Crippen molar-refractivity contribution in [1.29, 1.82) is 0 Å². The second-order valence-corrected chi connectivity index (χ2v) is 6.24. The molecule has 2 rings (SSSR count). The quantitative estimate of drug-likeness (QED) is 0.689. The first kappa shape index (κ1) is 13.2. The fourth-order valence-electron chi connectivity index (χ4n) is 2.11. The second-order valence-electron chi connectivity index (χ2n) is 4.95. The van der Waals surface area contributed by atoms with Crippen LogP contribution in [-0.4, -0.2) is 47.4 Å². The van der Waals surface area contributed by atoms with Gasteiger partial charge in [-0.2, -0.15) is 11.8 Å². The van der Waals surface area contributed by atoms with Crippen LogP contribution in [0, 0.1) is 5.92 Å². The highest BCUT2D eigenvalue weighted by Crippen LogP contribution is 2.42. The van der Waals surface area contributed by atoms with Crippen LogP contribution in [0.25, 0.3) is 0 Å². The van der Waals surface area contributed by atoms with Crippen LogP contribution in [0.4, 0.5) is 0 Å². The normalized spacial score (nSPS) is 24.1. The molecular weight excluding hydrogens is 238 g/mol. The topological polar surface area (TPSA) is 58.6 Å². The fourth-order valence-corrected chi connectivity index (χ4v) is 3.45. The summed E-state index contributed by atoms with van der Waals surface area (Å²) >= 11 is 1.75. The van der Waals surface area contributed by atoms with E-state index >= 15 is 0 Å². The van der Waals surface area contributed by atoms with Gasteiger partial charge in [-0.15, -0.1) is 0 Å². The highest BCUT2D eigenvalue weighted by atomic mass is 32.2. The second kappa shape index (κ2) is 5.59. The zero-order chi connectivity index (χ0) is 12.3. The van der Waals surface area contributed by atoms with Crippen LogP contribution < -0.4 is 5.32 Å². The first-order chi connectivity index (χ1) is 8.19. The number of aliphatic carboxylic acids is 1. The lowest BCUT2D eigenvalue weighted by atomic mass is 9.95. The minimum Gasteiger partial charge on any atom is -0.480 e. The van der Waals surface area contributed by atoms with Gasteiger partial charge < -0.3 is 15.2 Å². The first-order valence-corrected chi connectivity index (χ1v) is 7.41. The van der Waals surface area contributed by atoms with Gasteiger partial charge in [-0.25, -0.2) is 0 Å². The molecule has 0 radical (unpaired) electrons. The highest BCUT2D eigenvalue weighted by Gasteiger charge is 2.51.